The number of hydrogen-bond acceptors (Lipinski definition) is 3. The van der Waals surface area contributed by atoms with Crippen LogP contribution in [0.3, 0.4) is 0 Å². The maximum absolute atomic E-state index is 12.0. The molecule has 0 saturated carbocycles. The topological polar surface area (TPSA) is 81.5 Å². The van der Waals surface area contributed by atoms with Gasteiger partial charge >= 0.3 is 6.03 Å². The molecule has 0 bridgehead atoms. The van der Waals surface area contributed by atoms with Crippen LogP contribution in [0.15, 0.2) is 24.3 Å². The number of carbonyl (C=O) groups is 2. The van der Waals surface area contributed by atoms with Gasteiger partial charge in [-0.1, -0.05) is 6.92 Å². The highest BCUT2D eigenvalue weighted by Crippen LogP contribution is 2.15. The van der Waals surface area contributed by atoms with Crippen LogP contribution in [-0.2, 0) is 4.79 Å². The zero-order chi connectivity index (χ0) is 16.8. The van der Waals surface area contributed by atoms with E-state index >= 15 is 0 Å². The van der Waals surface area contributed by atoms with E-state index in [-0.39, 0.29) is 18.0 Å². The average molecular weight is 319 g/mol. The fourth-order valence-electron chi connectivity index (χ4n) is 2.60. The number of piperidine rings is 1. The van der Waals surface area contributed by atoms with Crippen molar-refractivity contribution in [3.8, 4) is 0 Å². The maximum Gasteiger partial charge on any atom is 0.319 e. The number of carbonyl (C=O) groups excluding carboxylic acids is 2. The van der Waals surface area contributed by atoms with Crippen molar-refractivity contribution in [1.29, 1.82) is 0 Å². The number of nitrogens with one attached hydrogen (secondary N) is 2. The van der Waals surface area contributed by atoms with Crippen molar-refractivity contribution >= 4 is 23.3 Å². The minimum absolute atomic E-state index is 0.0722. The Morgan fingerprint density at radius 2 is 1.83 bits per heavy atom. The Bertz CT molecular complexity index is 577. The van der Waals surface area contributed by atoms with Crippen LogP contribution >= 0.6 is 0 Å². The van der Waals surface area contributed by atoms with E-state index in [1.165, 1.54) is 7.05 Å². The first-order valence-electron chi connectivity index (χ1n) is 7.85. The molecule has 1 aliphatic rings. The van der Waals surface area contributed by atoms with Crippen LogP contribution < -0.4 is 10.6 Å². The Labute approximate surface area is 135 Å². The fourth-order valence-corrected chi connectivity index (χ4v) is 2.60. The van der Waals surface area contributed by atoms with E-state index in [9.17, 15) is 14.5 Å². The second kappa shape index (κ2) is 7.71. The number of anilines is 1. The van der Waals surface area contributed by atoms with Crippen molar-refractivity contribution < 1.29 is 14.3 Å². The van der Waals surface area contributed by atoms with Crippen molar-refractivity contribution in [2.45, 2.75) is 32.2 Å². The first kappa shape index (κ1) is 16.9. The average Bonchev–Trinajstić information content (AvgIpc) is 2.55. The zero-order valence-electron chi connectivity index (χ0n) is 13.5. The predicted octanol–water partition coefficient (Wildman–Crippen LogP) is 2.25. The number of rotatable bonds is 4. The highest BCUT2D eigenvalue weighted by atomic mass is 16.3. The minimum Gasteiger partial charge on any atom is -0.343 e. The molecule has 23 heavy (non-hydrogen) atoms. The summed E-state index contributed by atoms with van der Waals surface area (Å²) in [7, 11) is 1.42. The first-order valence-corrected chi connectivity index (χ1v) is 7.85. The molecule has 0 atom stereocenters. The maximum atomic E-state index is 12.0. The summed E-state index contributed by atoms with van der Waals surface area (Å²) in [5.41, 5.74) is 1.16. The van der Waals surface area contributed by atoms with Crippen LogP contribution in [0.1, 0.15) is 26.2 Å². The SMILES string of the molecule is CCC(=O)N1CCC(NC(=O)Nc2ccc([N+](C)=O)cc2)CC1. The Hall–Kier alpha value is -2.44. The van der Waals surface area contributed by atoms with Gasteiger partial charge in [-0.05, 0) is 25.0 Å². The molecule has 7 nitrogen and oxygen atoms in total. The van der Waals surface area contributed by atoms with Crippen LogP contribution in [0.5, 0.6) is 0 Å². The third-order valence-corrected chi connectivity index (χ3v) is 3.97. The molecular formula is C16H23N4O3+. The molecule has 1 heterocycles. The molecule has 1 aromatic carbocycles. The molecule has 1 aromatic rings. The van der Waals surface area contributed by atoms with Gasteiger partial charge in [-0.3, -0.25) is 4.79 Å². The van der Waals surface area contributed by atoms with Gasteiger partial charge in [0.2, 0.25) is 5.91 Å². The number of amides is 3. The summed E-state index contributed by atoms with van der Waals surface area (Å²) in [6.45, 7) is 3.22. The normalized spacial score (nSPS) is 15.1. The Kier molecular flexibility index (Phi) is 5.67. The van der Waals surface area contributed by atoms with Crippen LogP contribution in [0.4, 0.5) is 16.2 Å². The lowest BCUT2D eigenvalue weighted by Crippen LogP contribution is -2.47. The second-order valence-corrected chi connectivity index (χ2v) is 5.65. The van der Waals surface area contributed by atoms with Gasteiger partial charge in [-0.2, -0.15) is 0 Å². The lowest BCUT2D eigenvalue weighted by atomic mass is 10.0. The van der Waals surface area contributed by atoms with Crippen molar-refractivity contribution in [3.63, 3.8) is 0 Å². The molecule has 2 rings (SSSR count). The molecule has 1 fully saturated rings. The molecular weight excluding hydrogens is 296 g/mol. The number of nitrogens with zero attached hydrogens (tertiary/aromatic N) is 2. The summed E-state index contributed by atoms with van der Waals surface area (Å²) >= 11 is 0. The summed E-state index contributed by atoms with van der Waals surface area (Å²) in [6.07, 6.45) is 2.05. The lowest BCUT2D eigenvalue weighted by molar-refractivity contribution is -0.428. The van der Waals surface area contributed by atoms with E-state index in [4.69, 9.17) is 0 Å². The van der Waals surface area contributed by atoms with Crippen LogP contribution in [0.2, 0.25) is 0 Å². The van der Waals surface area contributed by atoms with Crippen molar-refractivity contribution in [2.24, 2.45) is 0 Å². The fraction of sp³-hybridized carbons (Fsp3) is 0.500. The molecule has 0 aromatic heterocycles. The van der Waals surface area contributed by atoms with E-state index in [1.54, 1.807) is 24.3 Å². The molecule has 0 spiro atoms. The predicted molar refractivity (Wildman–Crippen MR) is 87.7 cm³/mol. The van der Waals surface area contributed by atoms with Crippen molar-refractivity contribution in [1.82, 2.24) is 10.2 Å². The number of nitroso groups, excluding NO2 is 1. The Morgan fingerprint density at radius 3 is 2.35 bits per heavy atom. The number of hydrogen-bond donors (Lipinski definition) is 2. The number of benzene rings is 1. The van der Waals surface area contributed by atoms with Crippen LogP contribution in [-0.4, -0.2) is 47.8 Å². The highest BCUT2D eigenvalue weighted by Gasteiger charge is 2.22. The summed E-state index contributed by atoms with van der Waals surface area (Å²) in [5, 5.41) is 5.67. The minimum atomic E-state index is -0.270. The van der Waals surface area contributed by atoms with E-state index in [0.717, 1.165) is 17.6 Å². The van der Waals surface area contributed by atoms with Gasteiger partial charge in [0.15, 0.2) is 7.05 Å². The lowest BCUT2D eigenvalue weighted by Gasteiger charge is -2.32. The molecule has 1 aliphatic heterocycles. The van der Waals surface area contributed by atoms with Crippen LogP contribution in [0.25, 0.3) is 0 Å². The summed E-state index contributed by atoms with van der Waals surface area (Å²) in [5.74, 6) is 0.163. The van der Waals surface area contributed by atoms with Gasteiger partial charge in [0.1, 0.15) is 0 Å². The third kappa shape index (κ3) is 4.77. The molecule has 124 valence electrons. The molecule has 0 aliphatic carbocycles. The van der Waals surface area contributed by atoms with Gasteiger partial charge in [0, 0.05) is 53.0 Å². The van der Waals surface area contributed by atoms with E-state index in [2.05, 4.69) is 10.6 Å². The van der Waals surface area contributed by atoms with Gasteiger partial charge < -0.3 is 15.5 Å². The molecule has 3 amide bonds. The molecule has 1 saturated heterocycles. The Morgan fingerprint density at radius 1 is 1.22 bits per heavy atom. The van der Waals surface area contributed by atoms with Gasteiger partial charge in [-0.15, -0.1) is 0 Å². The summed E-state index contributed by atoms with van der Waals surface area (Å²) < 4.78 is 0.759. The van der Waals surface area contributed by atoms with Crippen molar-refractivity contribution in [2.75, 3.05) is 25.5 Å². The van der Waals surface area contributed by atoms with Crippen LogP contribution in [0, 0.1) is 4.91 Å². The summed E-state index contributed by atoms with van der Waals surface area (Å²) in [6, 6.07) is 6.48. The third-order valence-electron chi connectivity index (χ3n) is 3.97. The van der Waals surface area contributed by atoms with E-state index in [0.29, 0.717) is 30.9 Å². The standard InChI is InChI=1S/C16H22N4O3/c1-3-15(21)20-10-8-13(9-11-20)18-16(22)17-12-4-6-14(7-5-12)19(2)23/h4-7,13H,3,8-11H2,1-2H3,(H-,17,18,22,23)/p+1. The number of urea groups is 1. The van der Waals surface area contributed by atoms with E-state index in [1.807, 2.05) is 11.8 Å². The summed E-state index contributed by atoms with van der Waals surface area (Å²) in [4.78, 5) is 36.6. The van der Waals surface area contributed by atoms with Gasteiger partial charge in [0.25, 0.3) is 5.69 Å². The molecule has 2 N–H and O–H groups in total. The molecule has 7 heteroatoms. The first-order chi connectivity index (χ1) is 11.0. The van der Waals surface area contributed by atoms with Gasteiger partial charge in [-0.25, -0.2) is 4.79 Å². The second-order valence-electron chi connectivity index (χ2n) is 5.65. The largest absolute Gasteiger partial charge is 0.343 e. The monoisotopic (exact) mass is 319 g/mol. The number of likely N-dealkylation sites (tertiary alicyclic amines) is 1. The zero-order valence-corrected chi connectivity index (χ0v) is 13.5. The smallest absolute Gasteiger partial charge is 0.319 e. The highest BCUT2D eigenvalue weighted by molar-refractivity contribution is 5.89. The molecule has 0 unspecified atom stereocenters. The van der Waals surface area contributed by atoms with Gasteiger partial charge in [0.05, 0.1) is 0 Å². The Balaban J connectivity index is 1.79. The molecule has 0 radical (unpaired) electrons. The van der Waals surface area contributed by atoms with Crippen molar-refractivity contribution in [3.05, 3.63) is 29.2 Å². The van der Waals surface area contributed by atoms with E-state index < -0.39 is 0 Å². The quantitative estimate of drug-likeness (QED) is 0.835.